The van der Waals surface area contributed by atoms with E-state index < -0.39 is 6.17 Å². The molecule has 0 saturated heterocycles. The maximum Gasteiger partial charge on any atom is 0.151 e. The summed E-state index contributed by atoms with van der Waals surface area (Å²) in [5, 5.41) is 0. The molecule has 2 rings (SSSR count). The number of halogens is 1. The predicted molar refractivity (Wildman–Crippen MR) is 74.8 cm³/mol. The average Bonchev–Trinajstić information content (AvgIpc) is 2.35. The van der Waals surface area contributed by atoms with Gasteiger partial charge in [0.1, 0.15) is 0 Å². The van der Waals surface area contributed by atoms with Gasteiger partial charge in [-0.15, -0.1) is 0 Å². The molecule has 0 heterocycles. The summed E-state index contributed by atoms with van der Waals surface area (Å²) in [6, 6.07) is 11.6. The minimum Gasteiger partial charge on any atom is -0.237 e. The molecule has 0 aliphatic rings. The van der Waals surface area contributed by atoms with Gasteiger partial charge >= 0.3 is 0 Å². The second-order valence-corrected chi connectivity index (χ2v) is 5.00. The van der Waals surface area contributed by atoms with Crippen molar-refractivity contribution in [3.8, 4) is 0 Å². The van der Waals surface area contributed by atoms with E-state index in [1.807, 2.05) is 64.1 Å². The summed E-state index contributed by atoms with van der Waals surface area (Å²) in [6.45, 7) is 8.07. The molecule has 94 valence electrons. The van der Waals surface area contributed by atoms with Crippen LogP contribution in [0.15, 0.2) is 36.4 Å². The maximum atomic E-state index is 14.6. The Kier molecular flexibility index (Phi) is 3.51. The van der Waals surface area contributed by atoms with E-state index in [0.29, 0.717) is 0 Å². The molecule has 0 fully saturated rings. The molecule has 1 heteroatoms. The van der Waals surface area contributed by atoms with Gasteiger partial charge in [0.25, 0.3) is 0 Å². The van der Waals surface area contributed by atoms with Crippen LogP contribution in [0.1, 0.15) is 39.6 Å². The topological polar surface area (TPSA) is 0 Å². The largest absolute Gasteiger partial charge is 0.237 e. The van der Waals surface area contributed by atoms with Crippen LogP contribution < -0.4 is 0 Å². The first-order valence-electron chi connectivity index (χ1n) is 6.28. The van der Waals surface area contributed by atoms with Crippen molar-refractivity contribution < 1.29 is 4.39 Å². The van der Waals surface area contributed by atoms with Crippen molar-refractivity contribution in [3.05, 3.63) is 69.8 Å². The van der Waals surface area contributed by atoms with Gasteiger partial charge in [0.15, 0.2) is 6.17 Å². The van der Waals surface area contributed by atoms with Crippen LogP contribution in [0.3, 0.4) is 0 Å². The maximum absolute atomic E-state index is 14.6. The molecule has 0 bridgehead atoms. The molecule has 18 heavy (non-hydrogen) atoms. The Hall–Kier alpha value is -1.63. The summed E-state index contributed by atoms with van der Waals surface area (Å²) >= 11 is 0. The highest BCUT2D eigenvalue weighted by Gasteiger charge is 2.16. The average molecular weight is 242 g/mol. The molecular formula is C17H19F. The van der Waals surface area contributed by atoms with E-state index in [0.717, 1.165) is 27.8 Å². The summed E-state index contributed by atoms with van der Waals surface area (Å²) in [7, 11) is 0. The Morgan fingerprint density at radius 2 is 1.56 bits per heavy atom. The predicted octanol–water partition coefficient (Wildman–Crippen LogP) is 4.98. The minimum absolute atomic E-state index is 0.742. The van der Waals surface area contributed by atoms with Gasteiger partial charge in [-0.1, -0.05) is 36.4 Å². The molecule has 0 radical (unpaired) electrons. The molecule has 0 spiro atoms. The van der Waals surface area contributed by atoms with Crippen LogP contribution in [-0.2, 0) is 0 Å². The molecule has 0 N–H and O–H groups in total. The van der Waals surface area contributed by atoms with Gasteiger partial charge in [0, 0.05) is 0 Å². The van der Waals surface area contributed by atoms with Gasteiger partial charge in [-0.05, 0) is 61.1 Å². The van der Waals surface area contributed by atoms with Gasteiger partial charge in [0.05, 0.1) is 0 Å². The van der Waals surface area contributed by atoms with Gasteiger partial charge in [-0.25, -0.2) is 4.39 Å². The van der Waals surface area contributed by atoms with Crippen LogP contribution in [0.5, 0.6) is 0 Å². The third kappa shape index (κ3) is 2.31. The Bertz CT molecular complexity index is 570. The van der Waals surface area contributed by atoms with Gasteiger partial charge < -0.3 is 0 Å². The van der Waals surface area contributed by atoms with Crippen LogP contribution >= 0.6 is 0 Å². The van der Waals surface area contributed by atoms with Crippen molar-refractivity contribution in [2.75, 3.05) is 0 Å². The van der Waals surface area contributed by atoms with Gasteiger partial charge in [-0.2, -0.15) is 0 Å². The standard InChI is InChI=1S/C17H19F/c1-11-8-9-15(10-13(11)3)17(18)16-7-5-6-12(2)14(16)4/h5-10,17H,1-4H3. The van der Waals surface area contributed by atoms with Crippen molar-refractivity contribution in [1.29, 1.82) is 0 Å². The Morgan fingerprint density at radius 1 is 0.833 bits per heavy atom. The number of aryl methyl sites for hydroxylation is 3. The van der Waals surface area contributed by atoms with E-state index in [9.17, 15) is 4.39 Å². The second-order valence-electron chi connectivity index (χ2n) is 5.00. The monoisotopic (exact) mass is 242 g/mol. The minimum atomic E-state index is -1.04. The molecule has 0 nitrogen and oxygen atoms in total. The van der Waals surface area contributed by atoms with Crippen molar-refractivity contribution in [2.24, 2.45) is 0 Å². The highest BCUT2D eigenvalue weighted by molar-refractivity contribution is 5.41. The highest BCUT2D eigenvalue weighted by Crippen LogP contribution is 2.30. The van der Waals surface area contributed by atoms with Crippen LogP contribution in [0.2, 0.25) is 0 Å². The van der Waals surface area contributed by atoms with Crippen LogP contribution in [0.4, 0.5) is 4.39 Å². The Balaban J connectivity index is 2.44. The van der Waals surface area contributed by atoms with Crippen molar-refractivity contribution in [3.63, 3.8) is 0 Å². The van der Waals surface area contributed by atoms with E-state index in [1.54, 1.807) is 0 Å². The van der Waals surface area contributed by atoms with Gasteiger partial charge in [-0.3, -0.25) is 0 Å². The van der Waals surface area contributed by atoms with Crippen molar-refractivity contribution in [2.45, 2.75) is 33.9 Å². The molecule has 2 aromatic rings. The number of alkyl halides is 1. The third-order valence-corrected chi connectivity index (χ3v) is 3.74. The quantitative estimate of drug-likeness (QED) is 0.696. The fraction of sp³-hybridized carbons (Fsp3) is 0.294. The molecule has 0 aromatic heterocycles. The van der Waals surface area contributed by atoms with Crippen LogP contribution in [0.25, 0.3) is 0 Å². The zero-order chi connectivity index (χ0) is 13.3. The first kappa shape index (κ1) is 12.8. The number of hydrogen-bond donors (Lipinski definition) is 0. The van der Waals surface area contributed by atoms with E-state index in [2.05, 4.69) is 0 Å². The molecule has 0 aliphatic heterocycles. The van der Waals surface area contributed by atoms with Crippen molar-refractivity contribution >= 4 is 0 Å². The van der Waals surface area contributed by atoms with E-state index >= 15 is 0 Å². The molecule has 2 aromatic carbocycles. The summed E-state index contributed by atoms with van der Waals surface area (Å²) in [4.78, 5) is 0. The third-order valence-electron chi connectivity index (χ3n) is 3.74. The summed E-state index contributed by atoms with van der Waals surface area (Å²) in [5.41, 5.74) is 6.04. The lowest BCUT2D eigenvalue weighted by Gasteiger charge is -2.14. The first-order valence-corrected chi connectivity index (χ1v) is 6.28. The number of rotatable bonds is 2. The number of hydrogen-bond acceptors (Lipinski definition) is 0. The lowest BCUT2D eigenvalue weighted by molar-refractivity contribution is 0.400. The molecule has 0 saturated carbocycles. The highest BCUT2D eigenvalue weighted by atomic mass is 19.1. The molecule has 0 aliphatic carbocycles. The molecular weight excluding hydrogens is 223 g/mol. The summed E-state index contributed by atoms with van der Waals surface area (Å²) in [6.07, 6.45) is -1.04. The van der Waals surface area contributed by atoms with E-state index in [4.69, 9.17) is 0 Å². The van der Waals surface area contributed by atoms with Gasteiger partial charge in [0.2, 0.25) is 0 Å². The second kappa shape index (κ2) is 4.93. The molecule has 1 unspecified atom stereocenters. The van der Waals surface area contributed by atoms with E-state index in [-0.39, 0.29) is 0 Å². The number of benzene rings is 2. The zero-order valence-electron chi connectivity index (χ0n) is 11.4. The lowest BCUT2D eigenvalue weighted by atomic mass is 9.94. The zero-order valence-corrected chi connectivity index (χ0v) is 11.4. The first-order chi connectivity index (χ1) is 8.50. The Morgan fingerprint density at radius 3 is 2.22 bits per heavy atom. The van der Waals surface area contributed by atoms with Crippen molar-refractivity contribution in [1.82, 2.24) is 0 Å². The normalized spacial score (nSPS) is 12.5. The SMILES string of the molecule is Cc1ccc(C(F)c2cccc(C)c2C)cc1C. The Labute approximate surface area is 108 Å². The summed E-state index contributed by atoms with van der Waals surface area (Å²) < 4.78 is 14.6. The van der Waals surface area contributed by atoms with Crippen LogP contribution in [-0.4, -0.2) is 0 Å². The van der Waals surface area contributed by atoms with Crippen LogP contribution in [0, 0.1) is 27.7 Å². The fourth-order valence-corrected chi connectivity index (χ4v) is 2.15. The fourth-order valence-electron chi connectivity index (χ4n) is 2.15. The van der Waals surface area contributed by atoms with E-state index in [1.165, 1.54) is 5.56 Å². The summed E-state index contributed by atoms with van der Waals surface area (Å²) in [5.74, 6) is 0. The molecule has 1 atom stereocenters. The smallest absolute Gasteiger partial charge is 0.151 e. The molecule has 0 amide bonds. The lowest BCUT2D eigenvalue weighted by Crippen LogP contribution is -1.99.